The van der Waals surface area contributed by atoms with Crippen molar-refractivity contribution in [1.29, 1.82) is 0 Å². The van der Waals surface area contributed by atoms with Crippen LogP contribution in [0.3, 0.4) is 0 Å². The molecular formula is C15H13F3O2. The van der Waals surface area contributed by atoms with Crippen LogP contribution in [-0.2, 0) is 0 Å². The Morgan fingerprint density at radius 3 is 2.25 bits per heavy atom. The van der Waals surface area contributed by atoms with Crippen LogP contribution in [0.15, 0.2) is 30.3 Å². The van der Waals surface area contributed by atoms with Crippen LogP contribution in [0, 0.1) is 17.5 Å². The molecule has 0 spiro atoms. The van der Waals surface area contributed by atoms with Gasteiger partial charge in [-0.3, -0.25) is 0 Å². The lowest BCUT2D eigenvalue weighted by atomic mass is 10.0. The van der Waals surface area contributed by atoms with Gasteiger partial charge < -0.3 is 9.47 Å². The van der Waals surface area contributed by atoms with Crippen molar-refractivity contribution in [3.63, 3.8) is 0 Å². The Morgan fingerprint density at radius 2 is 1.65 bits per heavy atom. The lowest BCUT2D eigenvalue weighted by molar-refractivity contribution is 0.314. The highest BCUT2D eigenvalue weighted by atomic mass is 19.2. The fourth-order valence-electron chi connectivity index (χ4n) is 1.85. The summed E-state index contributed by atoms with van der Waals surface area (Å²) in [6, 6.07) is 6.50. The number of methoxy groups -OCH3 is 1. The number of ether oxygens (including phenoxy) is 2. The number of benzene rings is 2. The second-order valence-corrected chi connectivity index (χ2v) is 4.02. The quantitative estimate of drug-likeness (QED) is 0.837. The standard InChI is InChI=1S/C15H13F3O2/c1-3-20-13-7-6-11(14(17)15(13)18)10-5-4-9(19-2)8-12(10)16/h4-8H,3H2,1-2H3. The summed E-state index contributed by atoms with van der Waals surface area (Å²) in [4.78, 5) is 0. The van der Waals surface area contributed by atoms with E-state index in [2.05, 4.69) is 0 Å². The van der Waals surface area contributed by atoms with E-state index in [-0.39, 0.29) is 23.5 Å². The smallest absolute Gasteiger partial charge is 0.201 e. The average molecular weight is 282 g/mol. The first-order chi connectivity index (χ1) is 9.58. The molecule has 0 radical (unpaired) electrons. The lowest BCUT2D eigenvalue weighted by Gasteiger charge is -2.10. The summed E-state index contributed by atoms with van der Waals surface area (Å²) in [5, 5.41) is 0. The Morgan fingerprint density at radius 1 is 0.950 bits per heavy atom. The normalized spacial score (nSPS) is 10.4. The molecule has 0 aromatic heterocycles. The summed E-state index contributed by atoms with van der Waals surface area (Å²) in [6.07, 6.45) is 0. The molecule has 106 valence electrons. The average Bonchev–Trinajstić information content (AvgIpc) is 2.45. The first-order valence-electron chi connectivity index (χ1n) is 6.03. The van der Waals surface area contributed by atoms with E-state index in [1.54, 1.807) is 6.92 Å². The van der Waals surface area contributed by atoms with E-state index in [1.165, 1.54) is 31.4 Å². The molecule has 0 saturated carbocycles. The molecule has 0 heterocycles. The molecule has 2 aromatic rings. The summed E-state index contributed by atoms with van der Waals surface area (Å²) in [6.45, 7) is 1.88. The Bertz CT molecular complexity index is 627. The van der Waals surface area contributed by atoms with Crippen molar-refractivity contribution in [3.8, 4) is 22.6 Å². The highest BCUT2D eigenvalue weighted by molar-refractivity contribution is 5.66. The molecular weight excluding hydrogens is 269 g/mol. The minimum Gasteiger partial charge on any atom is -0.497 e. The van der Waals surface area contributed by atoms with Gasteiger partial charge in [-0.25, -0.2) is 8.78 Å². The Kier molecular flexibility index (Phi) is 4.17. The van der Waals surface area contributed by atoms with Crippen LogP contribution in [0.2, 0.25) is 0 Å². The highest BCUT2D eigenvalue weighted by Crippen LogP contribution is 2.32. The predicted molar refractivity (Wildman–Crippen MR) is 69.5 cm³/mol. The van der Waals surface area contributed by atoms with Gasteiger partial charge in [0, 0.05) is 17.2 Å². The van der Waals surface area contributed by atoms with Crippen molar-refractivity contribution in [2.24, 2.45) is 0 Å². The fourth-order valence-corrected chi connectivity index (χ4v) is 1.85. The fraction of sp³-hybridized carbons (Fsp3) is 0.200. The molecule has 0 atom stereocenters. The van der Waals surface area contributed by atoms with Gasteiger partial charge >= 0.3 is 0 Å². The third-order valence-corrected chi connectivity index (χ3v) is 2.81. The first kappa shape index (κ1) is 14.2. The Balaban J connectivity index is 2.51. The molecule has 0 aliphatic heterocycles. The van der Waals surface area contributed by atoms with E-state index in [0.717, 1.165) is 6.07 Å². The van der Waals surface area contributed by atoms with Gasteiger partial charge in [0.05, 0.1) is 13.7 Å². The zero-order chi connectivity index (χ0) is 14.7. The van der Waals surface area contributed by atoms with E-state index < -0.39 is 17.5 Å². The van der Waals surface area contributed by atoms with Crippen LogP contribution in [0.4, 0.5) is 13.2 Å². The molecule has 0 aliphatic rings. The minimum atomic E-state index is -1.14. The van der Waals surface area contributed by atoms with E-state index >= 15 is 0 Å². The largest absolute Gasteiger partial charge is 0.497 e. The van der Waals surface area contributed by atoms with Crippen molar-refractivity contribution in [2.75, 3.05) is 13.7 Å². The summed E-state index contributed by atoms with van der Waals surface area (Å²) < 4.78 is 51.4. The molecule has 0 unspecified atom stereocenters. The van der Waals surface area contributed by atoms with Crippen LogP contribution in [0.25, 0.3) is 11.1 Å². The van der Waals surface area contributed by atoms with E-state index in [9.17, 15) is 13.2 Å². The predicted octanol–water partition coefficient (Wildman–Crippen LogP) is 4.18. The maximum atomic E-state index is 14.0. The molecule has 0 saturated heterocycles. The molecule has 20 heavy (non-hydrogen) atoms. The van der Waals surface area contributed by atoms with Crippen molar-refractivity contribution >= 4 is 0 Å². The topological polar surface area (TPSA) is 18.5 Å². The van der Waals surface area contributed by atoms with Gasteiger partial charge in [-0.15, -0.1) is 0 Å². The summed E-state index contributed by atoms with van der Waals surface area (Å²) in [7, 11) is 1.39. The van der Waals surface area contributed by atoms with Gasteiger partial charge in [-0.1, -0.05) is 0 Å². The number of hydrogen-bond donors (Lipinski definition) is 0. The third-order valence-electron chi connectivity index (χ3n) is 2.81. The summed E-state index contributed by atoms with van der Waals surface area (Å²) >= 11 is 0. The number of rotatable bonds is 4. The zero-order valence-electron chi connectivity index (χ0n) is 11.0. The van der Waals surface area contributed by atoms with Crippen molar-refractivity contribution in [2.45, 2.75) is 6.92 Å². The van der Waals surface area contributed by atoms with Crippen LogP contribution >= 0.6 is 0 Å². The van der Waals surface area contributed by atoms with Crippen LogP contribution < -0.4 is 9.47 Å². The van der Waals surface area contributed by atoms with Crippen LogP contribution in [-0.4, -0.2) is 13.7 Å². The molecule has 0 amide bonds. The van der Waals surface area contributed by atoms with Gasteiger partial charge in [0.2, 0.25) is 5.82 Å². The van der Waals surface area contributed by atoms with Gasteiger partial charge in [-0.2, -0.15) is 4.39 Å². The second-order valence-electron chi connectivity index (χ2n) is 4.02. The van der Waals surface area contributed by atoms with E-state index in [0.29, 0.717) is 5.75 Å². The number of halogens is 3. The summed E-state index contributed by atoms with van der Waals surface area (Å²) in [5.74, 6) is -2.84. The molecule has 2 nitrogen and oxygen atoms in total. The summed E-state index contributed by atoms with van der Waals surface area (Å²) in [5.41, 5.74) is -0.198. The monoisotopic (exact) mass is 282 g/mol. The Labute approximate surface area is 114 Å². The Hall–Kier alpha value is -2.17. The van der Waals surface area contributed by atoms with Crippen molar-refractivity contribution in [1.82, 2.24) is 0 Å². The zero-order valence-corrected chi connectivity index (χ0v) is 11.0. The molecule has 2 aromatic carbocycles. The van der Waals surface area contributed by atoms with E-state index in [1.807, 2.05) is 0 Å². The lowest BCUT2D eigenvalue weighted by Crippen LogP contribution is -1.99. The highest BCUT2D eigenvalue weighted by Gasteiger charge is 2.18. The van der Waals surface area contributed by atoms with Crippen LogP contribution in [0.1, 0.15) is 6.92 Å². The van der Waals surface area contributed by atoms with Gasteiger partial charge in [-0.05, 0) is 31.2 Å². The molecule has 0 bridgehead atoms. The first-order valence-corrected chi connectivity index (χ1v) is 6.03. The van der Waals surface area contributed by atoms with Crippen molar-refractivity contribution in [3.05, 3.63) is 47.8 Å². The molecule has 0 N–H and O–H groups in total. The molecule has 0 aliphatic carbocycles. The van der Waals surface area contributed by atoms with Crippen LogP contribution in [0.5, 0.6) is 11.5 Å². The maximum absolute atomic E-state index is 14.0. The molecule has 0 fully saturated rings. The molecule has 2 rings (SSSR count). The molecule has 5 heteroatoms. The third kappa shape index (κ3) is 2.57. The minimum absolute atomic E-state index is 0.0368. The van der Waals surface area contributed by atoms with Gasteiger partial charge in [0.1, 0.15) is 11.6 Å². The second kappa shape index (κ2) is 5.86. The van der Waals surface area contributed by atoms with Gasteiger partial charge in [0.15, 0.2) is 11.6 Å². The van der Waals surface area contributed by atoms with E-state index in [4.69, 9.17) is 9.47 Å². The number of hydrogen-bond acceptors (Lipinski definition) is 2. The SMILES string of the molecule is CCOc1ccc(-c2ccc(OC)cc2F)c(F)c1F. The van der Waals surface area contributed by atoms with Gasteiger partial charge in [0.25, 0.3) is 0 Å². The maximum Gasteiger partial charge on any atom is 0.201 e. The van der Waals surface area contributed by atoms with Crippen molar-refractivity contribution < 1.29 is 22.6 Å².